The highest BCUT2D eigenvalue weighted by molar-refractivity contribution is 5.90. The zero-order valence-corrected chi connectivity index (χ0v) is 13.5. The van der Waals surface area contributed by atoms with Crippen LogP contribution >= 0.6 is 0 Å². The molecule has 0 bridgehead atoms. The maximum atomic E-state index is 12.0. The summed E-state index contributed by atoms with van der Waals surface area (Å²) in [5, 5.41) is 12.4. The molecule has 0 atom stereocenters. The molecule has 0 spiro atoms. The van der Waals surface area contributed by atoms with E-state index in [1.807, 2.05) is 0 Å². The van der Waals surface area contributed by atoms with Crippen molar-refractivity contribution in [2.24, 2.45) is 0 Å². The lowest BCUT2D eigenvalue weighted by Gasteiger charge is -2.18. The number of hydrogen-bond acceptors (Lipinski definition) is 5. The number of amides is 2. The first-order valence-corrected chi connectivity index (χ1v) is 7.51. The summed E-state index contributed by atoms with van der Waals surface area (Å²) >= 11 is 0. The molecule has 1 aromatic carbocycles. The Hall–Kier alpha value is -3.42. The number of hydrogen-bond donors (Lipinski definition) is 2. The van der Waals surface area contributed by atoms with Crippen molar-refractivity contribution in [2.75, 3.05) is 5.32 Å². The summed E-state index contributed by atoms with van der Waals surface area (Å²) in [6.07, 6.45) is 1.78. The lowest BCUT2D eigenvalue weighted by molar-refractivity contribution is -0.115. The molecule has 0 fully saturated rings. The Kier molecular flexibility index (Phi) is 6.05. The number of nitrogens with one attached hydrogen (secondary N) is 1. The van der Waals surface area contributed by atoms with E-state index >= 15 is 0 Å². The van der Waals surface area contributed by atoms with E-state index in [0.717, 1.165) is 0 Å². The molecule has 2 aromatic rings. The molecule has 2 amide bonds. The highest BCUT2D eigenvalue weighted by atomic mass is 16.7. The summed E-state index contributed by atoms with van der Waals surface area (Å²) in [5.41, 5.74) is 1.39. The van der Waals surface area contributed by atoms with E-state index in [-0.39, 0.29) is 18.0 Å². The summed E-state index contributed by atoms with van der Waals surface area (Å²) in [7, 11) is 0. The molecular formula is C17H17N3O5. The molecule has 0 radical (unpaired) electrons. The molecule has 0 aliphatic carbocycles. The highest BCUT2D eigenvalue weighted by Gasteiger charge is 2.19. The van der Waals surface area contributed by atoms with Gasteiger partial charge in [0.25, 0.3) is 0 Å². The quantitative estimate of drug-likeness (QED) is 0.808. The van der Waals surface area contributed by atoms with Gasteiger partial charge in [-0.1, -0.05) is 19.1 Å². The van der Waals surface area contributed by atoms with E-state index in [0.29, 0.717) is 22.7 Å². The van der Waals surface area contributed by atoms with Crippen LogP contribution in [0.25, 0.3) is 0 Å². The molecule has 8 nitrogen and oxygen atoms in total. The Morgan fingerprint density at radius 3 is 2.32 bits per heavy atom. The SMILES string of the molecule is CCC(=O)Nc1ccc(CN(OC(=O)c2ccncc2)C(=O)O)cc1. The van der Waals surface area contributed by atoms with Gasteiger partial charge in [0, 0.05) is 24.5 Å². The van der Waals surface area contributed by atoms with Crippen molar-refractivity contribution in [3.05, 3.63) is 59.9 Å². The molecule has 0 unspecified atom stereocenters. The summed E-state index contributed by atoms with van der Waals surface area (Å²) in [6.45, 7) is 1.60. The molecule has 8 heteroatoms. The van der Waals surface area contributed by atoms with E-state index in [9.17, 15) is 19.5 Å². The molecule has 0 aliphatic heterocycles. The van der Waals surface area contributed by atoms with E-state index in [2.05, 4.69) is 10.3 Å². The van der Waals surface area contributed by atoms with Crippen LogP contribution in [0.2, 0.25) is 0 Å². The molecule has 2 N–H and O–H groups in total. The number of benzene rings is 1. The number of nitrogens with zero attached hydrogens (tertiary/aromatic N) is 2. The summed E-state index contributed by atoms with van der Waals surface area (Å²) in [5.74, 6) is -0.914. The van der Waals surface area contributed by atoms with Crippen LogP contribution in [0.1, 0.15) is 29.3 Å². The smallest absolute Gasteiger partial charge is 0.441 e. The van der Waals surface area contributed by atoms with Crippen LogP contribution in [-0.4, -0.2) is 33.1 Å². The van der Waals surface area contributed by atoms with Crippen molar-refractivity contribution in [2.45, 2.75) is 19.9 Å². The van der Waals surface area contributed by atoms with Gasteiger partial charge in [0.05, 0.1) is 12.1 Å². The van der Waals surface area contributed by atoms with Gasteiger partial charge in [-0.3, -0.25) is 9.78 Å². The van der Waals surface area contributed by atoms with Crippen molar-refractivity contribution >= 4 is 23.7 Å². The van der Waals surface area contributed by atoms with Crippen LogP contribution in [0.15, 0.2) is 48.8 Å². The topological polar surface area (TPSA) is 109 Å². The van der Waals surface area contributed by atoms with Crippen LogP contribution in [0.4, 0.5) is 10.5 Å². The molecule has 2 rings (SSSR count). The number of rotatable bonds is 5. The van der Waals surface area contributed by atoms with Gasteiger partial charge >= 0.3 is 12.1 Å². The Morgan fingerprint density at radius 2 is 1.76 bits per heavy atom. The Morgan fingerprint density at radius 1 is 1.12 bits per heavy atom. The maximum Gasteiger partial charge on any atom is 0.441 e. The van der Waals surface area contributed by atoms with Crippen LogP contribution in [0, 0.1) is 0 Å². The average Bonchev–Trinajstić information content (AvgIpc) is 2.63. The fourth-order valence-electron chi connectivity index (χ4n) is 1.89. The minimum atomic E-state index is -1.40. The fourth-order valence-corrected chi connectivity index (χ4v) is 1.89. The van der Waals surface area contributed by atoms with E-state index in [1.165, 1.54) is 24.5 Å². The van der Waals surface area contributed by atoms with Crippen molar-refractivity contribution in [3.63, 3.8) is 0 Å². The largest absolute Gasteiger partial charge is 0.463 e. The third-order valence-electron chi connectivity index (χ3n) is 3.21. The first kappa shape index (κ1) is 17.9. The third kappa shape index (κ3) is 5.31. The van der Waals surface area contributed by atoms with Gasteiger partial charge in [-0.25, -0.2) is 9.59 Å². The number of anilines is 1. The van der Waals surface area contributed by atoms with Gasteiger partial charge in [-0.15, -0.1) is 5.06 Å². The zero-order valence-electron chi connectivity index (χ0n) is 13.5. The number of carbonyl (C=O) groups is 3. The second-order valence-electron chi connectivity index (χ2n) is 5.03. The first-order chi connectivity index (χ1) is 12.0. The Labute approximate surface area is 144 Å². The molecule has 0 aliphatic rings. The average molecular weight is 343 g/mol. The minimum absolute atomic E-state index is 0.119. The first-order valence-electron chi connectivity index (χ1n) is 7.51. The summed E-state index contributed by atoms with van der Waals surface area (Å²) in [6, 6.07) is 9.42. The second-order valence-corrected chi connectivity index (χ2v) is 5.03. The van der Waals surface area contributed by atoms with Crippen LogP contribution in [0.3, 0.4) is 0 Å². The van der Waals surface area contributed by atoms with Gasteiger partial charge < -0.3 is 15.3 Å². The van der Waals surface area contributed by atoms with Gasteiger partial charge in [0.1, 0.15) is 0 Å². The zero-order chi connectivity index (χ0) is 18.2. The molecule has 0 saturated heterocycles. The van der Waals surface area contributed by atoms with E-state index in [1.54, 1.807) is 31.2 Å². The monoisotopic (exact) mass is 343 g/mol. The number of pyridine rings is 1. The van der Waals surface area contributed by atoms with Crippen molar-refractivity contribution in [3.8, 4) is 0 Å². The Bertz CT molecular complexity index is 747. The predicted molar refractivity (Wildman–Crippen MR) is 88.6 cm³/mol. The number of carbonyl (C=O) groups excluding carboxylic acids is 2. The third-order valence-corrected chi connectivity index (χ3v) is 3.21. The van der Waals surface area contributed by atoms with Crippen molar-refractivity contribution in [1.82, 2.24) is 10.0 Å². The van der Waals surface area contributed by atoms with Gasteiger partial charge in [-0.05, 0) is 29.8 Å². The number of aromatic nitrogens is 1. The van der Waals surface area contributed by atoms with Crippen LogP contribution in [0.5, 0.6) is 0 Å². The maximum absolute atomic E-state index is 12.0. The standard InChI is InChI=1S/C17H17N3O5/c1-2-15(21)19-14-5-3-12(4-6-14)11-20(17(23)24)25-16(22)13-7-9-18-10-8-13/h3-10H,2,11H2,1H3,(H,19,21)(H,23,24). The molecule has 0 saturated carbocycles. The lowest BCUT2D eigenvalue weighted by Crippen LogP contribution is -2.31. The summed E-state index contributed by atoms with van der Waals surface area (Å²) < 4.78 is 0. The lowest BCUT2D eigenvalue weighted by atomic mass is 10.2. The molecule has 1 heterocycles. The van der Waals surface area contributed by atoms with Crippen LogP contribution < -0.4 is 5.32 Å². The fraction of sp³-hybridized carbons (Fsp3) is 0.176. The molecule has 1 aromatic heterocycles. The Balaban J connectivity index is 2.02. The van der Waals surface area contributed by atoms with Gasteiger partial charge in [-0.2, -0.15) is 0 Å². The number of hydroxylamine groups is 2. The van der Waals surface area contributed by atoms with E-state index < -0.39 is 12.1 Å². The molecule has 25 heavy (non-hydrogen) atoms. The predicted octanol–water partition coefficient (Wildman–Crippen LogP) is 2.68. The van der Waals surface area contributed by atoms with Gasteiger partial charge in [0.15, 0.2) is 0 Å². The second kappa shape index (κ2) is 8.44. The van der Waals surface area contributed by atoms with Crippen LogP contribution in [-0.2, 0) is 16.2 Å². The highest BCUT2D eigenvalue weighted by Crippen LogP contribution is 2.13. The van der Waals surface area contributed by atoms with Gasteiger partial charge in [0.2, 0.25) is 5.91 Å². The van der Waals surface area contributed by atoms with Crippen molar-refractivity contribution in [1.29, 1.82) is 0 Å². The normalized spacial score (nSPS) is 9.96. The summed E-state index contributed by atoms with van der Waals surface area (Å²) in [4.78, 5) is 43.3. The van der Waals surface area contributed by atoms with Crippen molar-refractivity contribution < 1.29 is 24.3 Å². The number of carboxylic acid groups (broad SMARTS) is 1. The molecular weight excluding hydrogens is 326 g/mol. The molecule has 130 valence electrons. The minimum Gasteiger partial charge on any atom is -0.463 e. The van der Waals surface area contributed by atoms with E-state index in [4.69, 9.17) is 4.84 Å².